The smallest absolute Gasteiger partial charge is 0.233 e. The number of piperazine rings is 1. The Kier molecular flexibility index (Phi) is 12.3. The van der Waals surface area contributed by atoms with E-state index < -0.39 is 5.41 Å². The third kappa shape index (κ3) is 8.32. The fourth-order valence-electron chi connectivity index (χ4n) is 7.01. The molecule has 0 radical (unpaired) electrons. The molecule has 1 aliphatic heterocycles. The van der Waals surface area contributed by atoms with Crippen LogP contribution < -0.4 is 19.9 Å². The van der Waals surface area contributed by atoms with Crippen molar-refractivity contribution in [3.05, 3.63) is 84.6 Å². The van der Waals surface area contributed by atoms with E-state index in [2.05, 4.69) is 58.2 Å². The van der Waals surface area contributed by atoms with Crippen LogP contribution in [0.2, 0.25) is 0 Å². The fraction of sp³-hybridized carbons (Fsp3) is 0.500. The average molecular weight is 641 g/mol. The largest absolute Gasteiger partial charge is 0.495 e. The van der Waals surface area contributed by atoms with Gasteiger partial charge in [0.25, 0.3) is 0 Å². The zero-order valence-electron chi connectivity index (χ0n) is 28.4. The van der Waals surface area contributed by atoms with Crippen molar-refractivity contribution in [3.63, 3.8) is 0 Å². The lowest BCUT2D eigenvalue weighted by Gasteiger charge is -2.37. The number of carbonyl (C=O) groups excluding carboxylic acids is 2. The van der Waals surface area contributed by atoms with Crippen LogP contribution in [0.15, 0.2) is 79.0 Å². The van der Waals surface area contributed by atoms with E-state index in [1.54, 1.807) is 13.3 Å². The molecule has 1 N–H and O–H groups in total. The molecule has 1 aromatic heterocycles. The molecule has 3 aromatic rings. The molecule has 9 heteroatoms. The lowest BCUT2D eigenvalue weighted by Crippen LogP contribution is -2.49. The minimum atomic E-state index is -0.416. The Morgan fingerprint density at radius 2 is 1.66 bits per heavy atom. The molecule has 2 atom stereocenters. The fourth-order valence-corrected chi connectivity index (χ4v) is 7.01. The Hall–Kier alpha value is -3.95. The molecule has 47 heavy (non-hydrogen) atoms. The maximum atomic E-state index is 13.6. The van der Waals surface area contributed by atoms with Gasteiger partial charge < -0.3 is 19.9 Å². The SMILES string of the molecule is CCN(CC)C(=O)C1(c2ccccc2)CC1CNCCCCC(=O)N(CCN1CCN(c2ccccc2OC)CC1)c1ccccn1. The summed E-state index contributed by atoms with van der Waals surface area (Å²) >= 11 is 0. The molecule has 2 fully saturated rings. The van der Waals surface area contributed by atoms with Crippen LogP contribution in [0.3, 0.4) is 0 Å². The Balaban J connectivity index is 1.07. The number of aromatic nitrogens is 1. The minimum Gasteiger partial charge on any atom is -0.495 e. The van der Waals surface area contributed by atoms with Crippen LogP contribution in [0.25, 0.3) is 0 Å². The molecule has 2 unspecified atom stereocenters. The van der Waals surface area contributed by atoms with E-state index in [1.807, 2.05) is 58.3 Å². The number of benzene rings is 2. The summed E-state index contributed by atoms with van der Waals surface area (Å²) in [6.07, 6.45) is 4.83. The Morgan fingerprint density at radius 1 is 0.936 bits per heavy atom. The van der Waals surface area contributed by atoms with E-state index in [4.69, 9.17) is 4.74 Å². The summed E-state index contributed by atoms with van der Waals surface area (Å²) in [5, 5.41) is 3.60. The highest BCUT2D eigenvalue weighted by molar-refractivity contribution is 5.93. The van der Waals surface area contributed by atoms with E-state index >= 15 is 0 Å². The van der Waals surface area contributed by atoms with E-state index in [0.717, 1.165) is 95.2 Å². The molecule has 2 heterocycles. The molecule has 0 spiro atoms. The number of nitrogens with one attached hydrogen (secondary N) is 1. The Labute approximate surface area is 280 Å². The van der Waals surface area contributed by atoms with E-state index in [0.29, 0.717) is 18.8 Å². The molecular formula is C38H52N6O3. The first-order valence-electron chi connectivity index (χ1n) is 17.4. The third-order valence-electron chi connectivity index (χ3n) is 9.88. The molecule has 5 rings (SSSR count). The predicted octanol–water partition coefficient (Wildman–Crippen LogP) is 4.83. The summed E-state index contributed by atoms with van der Waals surface area (Å²) in [6.45, 7) is 12.3. The van der Waals surface area contributed by atoms with Gasteiger partial charge in [-0.05, 0) is 81.9 Å². The van der Waals surface area contributed by atoms with Gasteiger partial charge in [0.15, 0.2) is 0 Å². The highest BCUT2D eigenvalue weighted by Crippen LogP contribution is 2.55. The lowest BCUT2D eigenvalue weighted by molar-refractivity contribution is -0.134. The second-order valence-corrected chi connectivity index (χ2v) is 12.6. The number of likely N-dealkylation sites (N-methyl/N-ethyl adjacent to an activating group) is 1. The highest BCUT2D eigenvalue weighted by atomic mass is 16.5. The molecular weight excluding hydrogens is 588 g/mol. The number of anilines is 2. The van der Waals surface area contributed by atoms with E-state index in [1.165, 1.54) is 0 Å². The van der Waals surface area contributed by atoms with Crippen molar-refractivity contribution < 1.29 is 14.3 Å². The van der Waals surface area contributed by atoms with Crippen molar-refractivity contribution in [3.8, 4) is 5.75 Å². The van der Waals surface area contributed by atoms with Crippen LogP contribution in [0.1, 0.15) is 45.1 Å². The summed E-state index contributed by atoms with van der Waals surface area (Å²) in [7, 11) is 1.72. The lowest BCUT2D eigenvalue weighted by atomic mass is 9.91. The molecule has 252 valence electrons. The summed E-state index contributed by atoms with van der Waals surface area (Å²) in [5.41, 5.74) is 1.85. The standard InChI is InChI=1S/C38H52N6O3/c1-4-42(5-2)37(46)38(31-15-7-6-8-16-31)29-32(38)30-39-21-13-12-20-36(45)44(35-19-11-14-22-40-35)28-25-41-23-26-43(27-24-41)33-17-9-10-18-34(33)47-3/h6-11,14-19,22,32,39H,4-5,12-13,20-21,23-30H2,1-3H3. The van der Waals surface area contributed by atoms with Gasteiger partial charge in [0.1, 0.15) is 11.6 Å². The van der Waals surface area contributed by atoms with Gasteiger partial charge in [-0.3, -0.25) is 19.4 Å². The van der Waals surface area contributed by atoms with Gasteiger partial charge in [0, 0.05) is 65.0 Å². The molecule has 9 nitrogen and oxygen atoms in total. The van der Waals surface area contributed by atoms with Gasteiger partial charge in [-0.1, -0.05) is 48.5 Å². The van der Waals surface area contributed by atoms with Crippen molar-refractivity contribution in [2.45, 2.75) is 44.9 Å². The number of para-hydroxylation sites is 2. The van der Waals surface area contributed by atoms with Crippen LogP contribution >= 0.6 is 0 Å². The van der Waals surface area contributed by atoms with Crippen LogP contribution in [-0.2, 0) is 15.0 Å². The Morgan fingerprint density at radius 3 is 2.36 bits per heavy atom. The summed E-state index contributed by atoms with van der Waals surface area (Å²) in [6, 6.07) is 24.2. The number of methoxy groups -OCH3 is 1. The number of pyridine rings is 1. The van der Waals surface area contributed by atoms with Gasteiger partial charge in [-0.15, -0.1) is 0 Å². The normalized spacial score (nSPS) is 19.3. The number of amides is 2. The highest BCUT2D eigenvalue weighted by Gasteiger charge is 2.61. The summed E-state index contributed by atoms with van der Waals surface area (Å²) in [4.78, 5) is 40.2. The van der Waals surface area contributed by atoms with Crippen molar-refractivity contribution in [1.82, 2.24) is 20.1 Å². The molecule has 0 bridgehead atoms. The number of nitrogens with zero attached hydrogens (tertiary/aromatic N) is 5. The van der Waals surface area contributed by atoms with Crippen LogP contribution in [-0.4, -0.2) is 99.2 Å². The van der Waals surface area contributed by atoms with E-state index in [-0.39, 0.29) is 17.7 Å². The second kappa shape index (κ2) is 16.7. The molecule has 2 aliphatic rings. The van der Waals surface area contributed by atoms with Crippen molar-refractivity contribution in [2.24, 2.45) is 5.92 Å². The summed E-state index contributed by atoms with van der Waals surface area (Å²) in [5.74, 6) is 2.27. The van der Waals surface area contributed by atoms with Gasteiger partial charge in [-0.2, -0.15) is 0 Å². The number of unbranched alkanes of at least 4 members (excludes halogenated alkanes) is 1. The molecule has 1 saturated heterocycles. The number of carbonyl (C=O) groups is 2. The first-order chi connectivity index (χ1) is 23.0. The molecule has 1 aliphatic carbocycles. The van der Waals surface area contributed by atoms with E-state index in [9.17, 15) is 9.59 Å². The number of ether oxygens (including phenoxy) is 1. The topological polar surface area (TPSA) is 81.3 Å². The van der Waals surface area contributed by atoms with Crippen LogP contribution in [0.5, 0.6) is 5.75 Å². The number of rotatable bonds is 17. The molecule has 2 aromatic carbocycles. The second-order valence-electron chi connectivity index (χ2n) is 12.6. The third-order valence-corrected chi connectivity index (χ3v) is 9.88. The summed E-state index contributed by atoms with van der Waals surface area (Å²) < 4.78 is 5.57. The average Bonchev–Trinajstić information content (AvgIpc) is 3.86. The first-order valence-corrected chi connectivity index (χ1v) is 17.4. The molecule has 2 amide bonds. The van der Waals surface area contributed by atoms with Gasteiger partial charge >= 0.3 is 0 Å². The maximum Gasteiger partial charge on any atom is 0.233 e. The van der Waals surface area contributed by atoms with Crippen LogP contribution in [0, 0.1) is 5.92 Å². The predicted molar refractivity (Wildman–Crippen MR) is 189 cm³/mol. The van der Waals surface area contributed by atoms with Gasteiger partial charge in [-0.25, -0.2) is 4.98 Å². The molecule has 1 saturated carbocycles. The zero-order valence-corrected chi connectivity index (χ0v) is 28.4. The minimum absolute atomic E-state index is 0.117. The van der Waals surface area contributed by atoms with Gasteiger partial charge in [0.2, 0.25) is 11.8 Å². The Bertz CT molecular complexity index is 1410. The van der Waals surface area contributed by atoms with Crippen molar-refractivity contribution >= 4 is 23.3 Å². The maximum absolute atomic E-state index is 13.6. The quantitative estimate of drug-likeness (QED) is 0.212. The number of hydrogen-bond donors (Lipinski definition) is 1. The zero-order chi connectivity index (χ0) is 33.1. The first kappa shape index (κ1) is 34.4. The van der Waals surface area contributed by atoms with Crippen LogP contribution in [0.4, 0.5) is 11.5 Å². The monoisotopic (exact) mass is 640 g/mol. The van der Waals surface area contributed by atoms with Gasteiger partial charge in [0.05, 0.1) is 18.2 Å². The number of hydrogen-bond acceptors (Lipinski definition) is 7. The van der Waals surface area contributed by atoms with Crippen molar-refractivity contribution in [1.29, 1.82) is 0 Å². The van der Waals surface area contributed by atoms with Crippen molar-refractivity contribution in [2.75, 3.05) is 82.4 Å².